The zero-order valence-corrected chi connectivity index (χ0v) is 12.1. The van der Waals surface area contributed by atoms with E-state index in [0.717, 1.165) is 10.2 Å². The molecule has 0 aromatic carbocycles. The Bertz CT molecular complexity index is 665. The van der Waals surface area contributed by atoms with Crippen molar-refractivity contribution < 1.29 is 4.79 Å². The van der Waals surface area contributed by atoms with Gasteiger partial charge in [-0.3, -0.25) is 14.6 Å². The van der Waals surface area contributed by atoms with Gasteiger partial charge in [-0.15, -0.1) is 0 Å². The van der Waals surface area contributed by atoms with Crippen LogP contribution in [0.1, 0.15) is 13.8 Å². The summed E-state index contributed by atoms with van der Waals surface area (Å²) in [5.74, 6) is 0.141. The highest BCUT2D eigenvalue weighted by Crippen LogP contribution is 2.12. The van der Waals surface area contributed by atoms with Crippen LogP contribution in [0.2, 0.25) is 0 Å². The standard InChI is InChI=1S/C15H18N4O2/c1-11(2)8-17-14(20)10-19-15(21)6-5-13(18-19)12-4-3-7-16-9-12/h3-7,9,11H,8,10H2,1-2H3,(H,17,20). The van der Waals surface area contributed by atoms with Crippen LogP contribution in [0, 0.1) is 5.92 Å². The summed E-state index contributed by atoms with van der Waals surface area (Å²) in [4.78, 5) is 27.6. The first-order valence-electron chi connectivity index (χ1n) is 6.81. The average molecular weight is 286 g/mol. The van der Waals surface area contributed by atoms with Crippen molar-refractivity contribution in [1.29, 1.82) is 0 Å². The molecule has 0 fully saturated rings. The highest BCUT2D eigenvalue weighted by molar-refractivity contribution is 5.75. The Morgan fingerprint density at radius 3 is 2.81 bits per heavy atom. The van der Waals surface area contributed by atoms with Crippen LogP contribution in [0.3, 0.4) is 0 Å². The molecular weight excluding hydrogens is 268 g/mol. The van der Waals surface area contributed by atoms with E-state index in [1.54, 1.807) is 24.5 Å². The molecule has 0 atom stereocenters. The Morgan fingerprint density at radius 2 is 2.14 bits per heavy atom. The molecule has 0 aliphatic rings. The molecule has 1 amide bonds. The maximum Gasteiger partial charge on any atom is 0.267 e. The van der Waals surface area contributed by atoms with Crippen molar-refractivity contribution in [2.24, 2.45) is 5.92 Å². The van der Waals surface area contributed by atoms with Crippen LogP contribution in [0.15, 0.2) is 41.5 Å². The Balaban J connectivity index is 2.17. The Morgan fingerprint density at radius 1 is 1.33 bits per heavy atom. The van der Waals surface area contributed by atoms with Crippen molar-refractivity contribution in [3.8, 4) is 11.3 Å². The van der Waals surface area contributed by atoms with Gasteiger partial charge in [-0.2, -0.15) is 5.10 Å². The molecule has 110 valence electrons. The second-order valence-corrected chi connectivity index (χ2v) is 5.15. The number of hydrogen-bond acceptors (Lipinski definition) is 4. The van der Waals surface area contributed by atoms with Crippen molar-refractivity contribution in [3.63, 3.8) is 0 Å². The molecule has 6 heteroatoms. The molecular formula is C15H18N4O2. The monoisotopic (exact) mass is 286 g/mol. The van der Waals surface area contributed by atoms with Crippen molar-refractivity contribution in [3.05, 3.63) is 47.0 Å². The first kappa shape index (κ1) is 14.9. The van der Waals surface area contributed by atoms with Crippen molar-refractivity contribution in [2.45, 2.75) is 20.4 Å². The van der Waals surface area contributed by atoms with Gasteiger partial charge in [-0.1, -0.05) is 13.8 Å². The van der Waals surface area contributed by atoms with Crippen LogP contribution in [0.4, 0.5) is 0 Å². The number of aromatic nitrogens is 3. The van der Waals surface area contributed by atoms with Gasteiger partial charge in [-0.05, 0) is 24.1 Å². The van der Waals surface area contributed by atoms with Gasteiger partial charge in [0, 0.05) is 30.6 Å². The Hall–Kier alpha value is -2.50. The fraction of sp³-hybridized carbons (Fsp3) is 0.333. The number of amides is 1. The van der Waals surface area contributed by atoms with E-state index >= 15 is 0 Å². The van der Waals surface area contributed by atoms with Crippen LogP contribution in [-0.2, 0) is 11.3 Å². The third-order valence-electron chi connectivity index (χ3n) is 2.82. The largest absolute Gasteiger partial charge is 0.354 e. The lowest BCUT2D eigenvalue weighted by Crippen LogP contribution is -2.35. The van der Waals surface area contributed by atoms with Gasteiger partial charge in [0.25, 0.3) is 5.56 Å². The van der Waals surface area contributed by atoms with E-state index in [4.69, 9.17) is 0 Å². The quantitative estimate of drug-likeness (QED) is 0.892. The topological polar surface area (TPSA) is 76.9 Å². The summed E-state index contributed by atoms with van der Waals surface area (Å²) < 4.78 is 1.16. The molecule has 0 aliphatic carbocycles. The summed E-state index contributed by atoms with van der Waals surface area (Å²) in [6.45, 7) is 4.51. The van der Waals surface area contributed by atoms with E-state index in [9.17, 15) is 9.59 Å². The molecule has 0 saturated heterocycles. The van der Waals surface area contributed by atoms with E-state index in [2.05, 4.69) is 15.4 Å². The van der Waals surface area contributed by atoms with E-state index in [-0.39, 0.29) is 18.0 Å². The van der Waals surface area contributed by atoms with E-state index in [1.807, 2.05) is 19.9 Å². The molecule has 0 bridgehead atoms. The van der Waals surface area contributed by atoms with Crippen LogP contribution in [0.5, 0.6) is 0 Å². The van der Waals surface area contributed by atoms with E-state index < -0.39 is 0 Å². The normalized spacial score (nSPS) is 10.6. The Kier molecular flexibility index (Phi) is 4.81. The average Bonchev–Trinajstić information content (AvgIpc) is 2.48. The summed E-state index contributed by atoms with van der Waals surface area (Å²) in [6.07, 6.45) is 3.33. The first-order valence-corrected chi connectivity index (χ1v) is 6.81. The second kappa shape index (κ2) is 6.78. The van der Waals surface area contributed by atoms with Gasteiger partial charge in [0.05, 0.1) is 5.69 Å². The number of rotatable bonds is 5. The maximum atomic E-state index is 11.8. The van der Waals surface area contributed by atoms with Crippen LogP contribution >= 0.6 is 0 Å². The first-order chi connectivity index (χ1) is 10.1. The van der Waals surface area contributed by atoms with Crippen LogP contribution in [0.25, 0.3) is 11.3 Å². The SMILES string of the molecule is CC(C)CNC(=O)Cn1nc(-c2cccnc2)ccc1=O. The lowest BCUT2D eigenvalue weighted by atomic mass is 10.2. The lowest BCUT2D eigenvalue weighted by molar-refractivity contribution is -0.122. The molecule has 2 rings (SSSR count). The molecule has 1 N–H and O–H groups in total. The smallest absolute Gasteiger partial charge is 0.267 e. The number of pyridine rings is 1. The molecule has 6 nitrogen and oxygen atoms in total. The minimum absolute atomic E-state index is 0.0837. The van der Waals surface area contributed by atoms with Crippen LogP contribution < -0.4 is 10.9 Å². The molecule has 0 saturated carbocycles. The minimum Gasteiger partial charge on any atom is -0.354 e. The number of nitrogens with one attached hydrogen (secondary N) is 1. The molecule has 0 unspecified atom stereocenters. The van der Waals surface area contributed by atoms with Gasteiger partial charge in [-0.25, -0.2) is 4.68 Å². The maximum absolute atomic E-state index is 11.8. The third kappa shape index (κ3) is 4.24. The zero-order valence-electron chi connectivity index (χ0n) is 12.1. The molecule has 2 aromatic rings. The fourth-order valence-corrected chi connectivity index (χ4v) is 1.74. The number of carbonyl (C=O) groups is 1. The molecule has 21 heavy (non-hydrogen) atoms. The van der Waals surface area contributed by atoms with E-state index in [1.165, 1.54) is 6.07 Å². The summed E-state index contributed by atoms with van der Waals surface area (Å²) in [6, 6.07) is 6.68. The fourth-order valence-electron chi connectivity index (χ4n) is 1.74. The Labute approximate surface area is 122 Å². The molecule has 0 aliphatic heterocycles. The molecule has 0 radical (unpaired) electrons. The molecule has 0 spiro atoms. The highest BCUT2D eigenvalue weighted by Gasteiger charge is 2.08. The summed E-state index contributed by atoms with van der Waals surface area (Å²) in [5.41, 5.74) is 1.11. The lowest BCUT2D eigenvalue weighted by Gasteiger charge is -2.09. The van der Waals surface area contributed by atoms with Gasteiger partial charge in [0.1, 0.15) is 6.54 Å². The summed E-state index contributed by atoms with van der Waals surface area (Å²) in [5, 5.41) is 6.98. The highest BCUT2D eigenvalue weighted by atomic mass is 16.2. The van der Waals surface area contributed by atoms with Gasteiger partial charge in [0.15, 0.2) is 0 Å². The number of nitrogens with zero attached hydrogens (tertiary/aromatic N) is 3. The summed E-state index contributed by atoms with van der Waals surface area (Å²) >= 11 is 0. The second-order valence-electron chi connectivity index (χ2n) is 5.15. The van der Waals surface area contributed by atoms with Crippen molar-refractivity contribution >= 4 is 5.91 Å². The molecule has 2 heterocycles. The summed E-state index contributed by atoms with van der Waals surface area (Å²) in [7, 11) is 0. The third-order valence-corrected chi connectivity index (χ3v) is 2.82. The van der Waals surface area contributed by atoms with Crippen molar-refractivity contribution in [2.75, 3.05) is 6.54 Å². The van der Waals surface area contributed by atoms with Gasteiger partial charge >= 0.3 is 0 Å². The van der Waals surface area contributed by atoms with Gasteiger partial charge < -0.3 is 5.32 Å². The number of carbonyl (C=O) groups excluding carboxylic acids is 1. The number of hydrogen-bond donors (Lipinski definition) is 1. The predicted molar refractivity (Wildman–Crippen MR) is 79.6 cm³/mol. The van der Waals surface area contributed by atoms with Crippen LogP contribution in [-0.4, -0.2) is 27.2 Å². The van der Waals surface area contributed by atoms with E-state index in [0.29, 0.717) is 18.2 Å². The zero-order chi connectivity index (χ0) is 15.2. The van der Waals surface area contributed by atoms with Gasteiger partial charge in [0.2, 0.25) is 5.91 Å². The molecule has 2 aromatic heterocycles. The minimum atomic E-state index is -0.303. The van der Waals surface area contributed by atoms with Crippen molar-refractivity contribution in [1.82, 2.24) is 20.1 Å². The predicted octanol–water partition coefficient (Wildman–Crippen LogP) is 1.08.